The van der Waals surface area contributed by atoms with Crippen molar-refractivity contribution in [1.82, 2.24) is 9.88 Å². The van der Waals surface area contributed by atoms with Crippen LogP contribution in [-0.2, 0) is 18.0 Å². The fourth-order valence-electron chi connectivity index (χ4n) is 3.05. The van der Waals surface area contributed by atoms with Crippen molar-refractivity contribution in [3.63, 3.8) is 0 Å². The molecule has 0 atom stereocenters. The summed E-state index contributed by atoms with van der Waals surface area (Å²) in [7, 11) is 1.90. The van der Waals surface area contributed by atoms with E-state index in [1.54, 1.807) is 6.08 Å². The van der Waals surface area contributed by atoms with Crippen molar-refractivity contribution in [2.45, 2.75) is 6.18 Å². The average Bonchev–Trinajstić information content (AvgIpc) is 3.16. The van der Waals surface area contributed by atoms with E-state index in [1.165, 1.54) is 12.1 Å². The van der Waals surface area contributed by atoms with E-state index in [1.807, 2.05) is 42.1 Å². The van der Waals surface area contributed by atoms with Crippen LogP contribution >= 0.6 is 23.4 Å². The van der Waals surface area contributed by atoms with Crippen LogP contribution in [0.25, 0.3) is 17.0 Å². The molecule has 148 valence electrons. The van der Waals surface area contributed by atoms with Crippen molar-refractivity contribution in [2.24, 2.45) is 12.0 Å². The molecule has 4 nitrogen and oxygen atoms in total. The molecule has 2 heterocycles. The van der Waals surface area contributed by atoms with Crippen LogP contribution < -0.4 is 5.32 Å². The van der Waals surface area contributed by atoms with Gasteiger partial charge in [-0.3, -0.25) is 4.79 Å². The number of hydrogen-bond acceptors (Lipinski definition) is 3. The van der Waals surface area contributed by atoms with Gasteiger partial charge in [-0.2, -0.15) is 13.2 Å². The predicted octanol–water partition coefficient (Wildman–Crippen LogP) is 5.74. The summed E-state index contributed by atoms with van der Waals surface area (Å²) in [5.41, 5.74) is 0.576. The van der Waals surface area contributed by atoms with Crippen LogP contribution in [0.15, 0.2) is 58.6 Å². The maximum atomic E-state index is 13.3. The largest absolute Gasteiger partial charge is 0.418 e. The lowest BCUT2D eigenvalue weighted by Gasteiger charge is -2.10. The van der Waals surface area contributed by atoms with E-state index in [0.29, 0.717) is 4.91 Å². The van der Waals surface area contributed by atoms with Gasteiger partial charge < -0.3 is 9.88 Å². The molecule has 0 aliphatic carbocycles. The number of thioether (sulfide) groups is 1. The number of carbonyl (C=O) groups is 1. The van der Waals surface area contributed by atoms with Crippen molar-refractivity contribution in [3.8, 4) is 0 Å². The Bertz CT molecular complexity index is 1200. The molecule has 1 aliphatic rings. The third kappa shape index (κ3) is 3.90. The maximum absolute atomic E-state index is 13.3. The smallest absolute Gasteiger partial charge is 0.350 e. The number of halogens is 4. The zero-order chi connectivity index (χ0) is 20.8. The van der Waals surface area contributed by atoms with Gasteiger partial charge in [-0.05, 0) is 42.1 Å². The highest BCUT2D eigenvalue weighted by Crippen LogP contribution is 2.39. The summed E-state index contributed by atoms with van der Waals surface area (Å²) < 4.78 is 41.7. The quantitative estimate of drug-likeness (QED) is 0.521. The van der Waals surface area contributed by atoms with Crippen LogP contribution in [0.2, 0.25) is 5.02 Å². The van der Waals surface area contributed by atoms with E-state index >= 15 is 0 Å². The standard InChI is InChI=1S/C20H13ClF3N3OS/c1-27-10-11(13-4-2-3-5-16(13)27)8-17-18(28)26-19(29-17)25-15-7-6-12(21)9-14(15)20(22,23)24/h2-10H,1H3,(H,25,26,28)/b17-8+. The molecule has 1 fully saturated rings. The number of amides is 1. The molecule has 29 heavy (non-hydrogen) atoms. The first kappa shape index (κ1) is 19.6. The van der Waals surface area contributed by atoms with Crippen LogP contribution in [0.5, 0.6) is 0 Å². The molecule has 0 unspecified atom stereocenters. The lowest BCUT2D eigenvalue weighted by molar-refractivity contribution is -0.137. The highest BCUT2D eigenvalue weighted by molar-refractivity contribution is 8.18. The molecule has 1 amide bonds. The Morgan fingerprint density at radius 3 is 2.72 bits per heavy atom. The van der Waals surface area contributed by atoms with Gasteiger partial charge in [-0.25, -0.2) is 4.99 Å². The van der Waals surface area contributed by atoms with Gasteiger partial charge in [-0.15, -0.1) is 0 Å². The number of aryl methyl sites for hydroxylation is 1. The number of para-hydroxylation sites is 1. The summed E-state index contributed by atoms with van der Waals surface area (Å²) in [6.45, 7) is 0. The van der Waals surface area contributed by atoms with Gasteiger partial charge in [0.15, 0.2) is 5.17 Å². The first-order chi connectivity index (χ1) is 13.7. The molecule has 9 heteroatoms. The number of aromatic nitrogens is 1. The number of amidine groups is 1. The second-order valence-electron chi connectivity index (χ2n) is 6.35. The van der Waals surface area contributed by atoms with Gasteiger partial charge in [0, 0.05) is 34.7 Å². The van der Waals surface area contributed by atoms with E-state index < -0.39 is 17.6 Å². The van der Waals surface area contributed by atoms with Crippen LogP contribution in [0.1, 0.15) is 11.1 Å². The van der Waals surface area contributed by atoms with Crippen LogP contribution in [0, 0.1) is 0 Å². The summed E-state index contributed by atoms with van der Waals surface area (Å²) in [6.07, 6.45) is -1.02. The molecule has 1 N–H and O–H groups in total. The fourth-order valence-corrected chi connectivity index (χ4v) is 4.05. The van der Waals surface area contributed by atoms with Crippen molar-refractivity contribution >= 4 is 57.1 Å². The fraction of sp³-hybridized carbons (Fsp3) is 0.100. The number of fused-ring (bicyclic) bond motifs is 1. The van der Waals surface area contributed by atoms with E-state index in [4.69, 9.17) is 11.6 Å². The van der Waals surface area contributed by atoms with Gasteiger partial charge in [0.1, 0.15) is 0 Å². The molecule has 1 aliphatic heterocycles. The number of nitrogens with zero attached hydrogens (tertiary/aromatic N) is 2. The first-order valence-corrected chi connectivity index (χ1v) is 9.62. The Morgan fingerprint density at radius 1 is 1.21 bits per heavy atom. The van der Waals surface area contributed by atoms with Crippen molar-refractivity contribution in [1.29, 1.82) is 0 Å². The molecule has 2 aromatic carbocycles. The van der Waals surface area contributed by atoms with Gasteiger partial charge in [-0.1, -0.05) is 29.8 Å². The summed E-state index contributed by atoms with van der Waals surface area (Å²) in [5, 5.41) is 3.53. The van der Waals surface area contributed by atoms with Crippen molar-refractivity contribution in [2.75, 3.05) is 0 Å². The third-order valence-corrected chi connectivity index (χ3v) is 5.50. The van der Waals surface area contributed by atoms with E-state index in [-0.39, 0.29) is 15.9 Å². The minimum atomic E-state index is -4.61. The van der Waals surface area contributed by atoms with Crippen molar-refractivity contribution in [3.05, 3.63) is 69.7 Å². The number of rotatable bonds is 2. The van der Waals surface area contributed by atoms with E-state index in [0.717, 1.165) is 34.3 Å². The second kappa shape index (κ2) is 7.27. The zero-order valence-electron chi connectivity index (χ0n) is 14.9. The Morgan fingerprint density at radius 2 is 1.97 bits per heavy atom. The number of aliphatic imine (C=N–C) groups is 1. The molecule has 0 saturated carbocycles. The molecular weight excluding hydrogens is 423 g/mol. The van der Waals surface area contributed by atoms with Crippen LogP contribution in [0.4, 0.5) is 18.9 Å². The highest BCUT2D eigenvalue weighted by atomic mass is 35.5. The third-order valence-electron chi connectivity index (χ3n) is 4.35. The minimum Gasteiger partial charge on any atom is -0.350 e. The number of carbonyl (C=O) groups excluding carboxylic acids is 1. The average molecular weight is 436 g/mol. The topological polar surface area (TPSA) is 46.4 Å². The number of nitrogens with one attached hydrogen (secondary N) is 1. The molecule has 0 bridgehead atoms. The van der Waals surface area contributed by atoms with E-state index in [2.05, 4.69) is 10.3 Å². The predicted molar refractivity (Wildman–Crippen MR) is 110 cm³/mol. The van der Waals surface area contributed by atoms with Crippen LogP contribution in [0.3, 0.4) is 0 Å². The zero-order valence-corrected chi connectivity index (χ0v) is 16.5. The molecular formula is C20H13ClF3N3OS. The summed E-state index contributed by atoms with van der Waals surface area (Å²) in [6, 6.07) is 11.0. The molecule has 3 aromatic rings. The summed E-state index contributed by atoms with van der Waals surface area (Å²) in [5.74, 6) is -0.413. The second-order valence-corrected chi connectivity index (χ2v) is 7.82. The molecule has 0 spiro atoms. The molecule has 1 saturated heterocycles. The lowest BCUT2D eigenvalue weighted by atomic mass is 10.1. The minimum absolute atomic E-state index is 0.0408. The van der Waals surface area contributed by atoms with Gasteiger partial charge >= 0.3 is 6.18 Å². The Hall–Kier alpha value is -2.71. The lowest BCUT2D eigenvalue weighted by Crippen LogP contribution is -2.19. The Labute approximate surface area is 173 Å². The number of benzene rings is 2. The Balaban J connectivity index is 1.69. The Kier molecular flexibility index (Phi) is 4.92. The first-order valence-electron chi connectivity index (χ1n) is 8.43. The van der Waals surface area contributed by atoms with Gasteiger partial charge in [0.05, 0.1) is 16.2 Å². The SMILES string of the molecule is Cn1cc(/C=C2/SC(=Nc3ccc(Cl)cc3C(F)(F)F)NC2=O)c2ccccc21. The molecule has 4 rings (SSSR count). The number of hydrogen-bond donors (Lipinski definition) is 1. The van der Waals surface area contributed by atoms with Gasteiger partial charge in [0.25, 0.3) is 5.91 Å². The molecule has 1 aromatic heterocycles. The molecule has 0 radical (unpaired) electrons. The van der Waals surface area contributed by atoms with Crippen molar-refractivity contribution < 1.29 is 18.0 Å². The van der Waals surface area contributed by atoms with Gasteiger partial charge in [0.2, 0.25) is 0 Å². The highest BCUT2D eigenvalue weighted by Gasteiger charge is 2.34. The summed E-state index contributed by atoms with van der Waals surface area (Å²) >= 11 is 6.68. The maximum Gasteiger partial charge on any atom is 0.418 e. The monoisotopic (exact) mass is 435 g/mol. The number of alkyl halides is 3. The normalized spacial score (nSPS) is 17.5. The summed E-state index contributed by atoms with van der Waals surface area (Å²) in [4.78, 5) is 16.7. The van der Waals surface area contributed by atoms with E-state index in [9.17, 15) is 18.0 Å². The van der Waals surface area contributed by atoms with Crippen LogP contribution in [-0.4, -0.2) is 15.6 Å².